The van der Waals surface area contributed by atoms with Crippen LogP contribution in [-0.4, -0.2) is 16.0 Å². The summed E-state index contributed by atoms with van der Waals surface area (Å²) in [5.41, 5.74) is 1.05. The number of hydrogen-bond donors (Lipinski definition) is 1. The Bertz CT molecular complexity index is 762. The van der Waals surface area contributed by atoms with Gasteiger partial charge in [-0.1, -0.05) is 31.7 Å². The minimum atomic E-state index is -0.919. The quantitative estimate of drug-likeness (QED) is 0.847. The number of anilines is 1. The molecular formula is C18H18F2N4. The molecule has 0 amide bonds. The maximum Gasteiger partial charge on any atom is 0.234 e. The second kappa shape index (κ2) is 7.35. The monoisotopic (exact) mass is 328 g/mol. The van der Waals surface area contributed by atoms with Crippen LogP contribution < -0.4 is 5.32 Å². The maximum atomic E-state index is 13.6. The minimum absolute atomic E-state index is 0.0532. The van der Waals surface area contributed by atoms with Gasteiger partial charge in [-0.2, -0.15) is 5.26 Å². The third kappa shape index (κ3) is 3.67. The van der Waals surface area contributed by atoms with Gasteiger partial charge in [-0.15, -0.1) is 0 Å². The van der Waals surface area contributed by atoms with E-state index >= 15 is 0 Å². The van der Waals surface area contributed by atoms with E-state index in [9.17, 15) is 8.78 Å². The van der Waals surface area contributed by atoms with Crippen molar-refractivity contribution in [3.63, 3.8) is 0 Å². The molecule has 3 rings (SSSR count). The number of aromatic nitrogens is 2. The van der Waals surface area contributed by atoms with Crippen LogP contribution in [0.3, 0.4) is 0 Å². The zero-order chi connectivity index (χ0) is 16.9. The van der Waals surface area contributed by atoms with Gasteiger partial charge in [0.1, 0.15) is 11.9 Å². The smallest absolute Gasteiger partial charge is 0.234 e. The number of nitriles is 1. The van der Waals surface area contributed by atoms with Crippen molar-refractivity contribution < 1.29 is 8.78 Å². The number of nitrogens with one attached hydrogen (secondary N) is 1. The summed E-state index contributed by atoms with van der Waals surface area (Å²) in [5.74, 6) is -1.26. The van der Waals surface area contributed by atoms with E-state index in [4.69, 9.17) is 5.26 Å². The summed E-state index contributed by atoms with van der Waals surface area (Å²) in [6.07, 6.45) is 8.29. The van der Waals surface area contributed by atoms with E-state index in [2.05, 4.69) is 15.3 Å². The van der Waals surface area contributed by atoms with Gasteiger partial charge in [0.2, 0.25) is 5.82 Å². The molecule has 1 aromatic heterocycles. The molecule has 24 heavy (non-hydrogen) atoms. The normalized spacial score (nSPS) is 15.5. The highest BCUT2D eigenvalue weighted by Crippen LogP contribution is 2.29. The topological polar surface area (TPSA) is 61.6 Å². The molecule has 2 aromatic rings. The second-order valence-electron chi connectivity index (χ2n) is 6.03. The number of hydrogen-bond acceptors (Lipinski definition) is 4. The Kier molecular flexibility index (Phi) is 4.99. The molecule has 0 saturated heterocycles. The van der Waals surface area contributed by atoms with Crippen molar-refractivity contribution in [2.24, 2.45) is 0 Å². The van der Waals surface area contributed by atoms with Crippen molar-refractivity contribution in [2.75, 3.05) is 5.32 Å². The molecule has 124 valence electrons. The predicted octanol–water partition coefficient (Wildman–Crippen LogP) is 4.43. The van der Waals surface area contributed by atoms with E-state index in [1.54, 1.807) is 0 Å². The van der Waals surface area contributed by atoms with Crippen molar-refractivity contribution >= 4 is 5.82 Å². The molecule has 0 unspecified atom stereocenters. The van der Waals surface area contributed by atoms with Gasteiger partial charge in [-0.3, -0.25) is 0 Å². The largest absolute Gasteiger partial charge is 0.367 e. The van der Waals surface area contributed by atoms with Crippen LogP contribution in [-0.2, 0) is 0 Å². The molecule has 0 spiro atoms. The van der Waals surface area contributed by atoms with Gasteiger partial charge < -0.3 is 5.32 Å². The van der Waals surface area contributed by atoms with Crippen LogP contribution in [0.5, 0.6) is 0 Å². The molecule has 6 heteroatoms. The molecule has 1 heterocycles. The van der Waals surface area contributed by atoms with Gasteiger partial charge >= 0.3 is 0 Å². The first-order valence-electron chi connectivity index (χ1n) is 8.16. The summed E-state index contributed by atoms with van der Waals surface area (Å²) in [6.45, 7) is 0. The van der Waals surface area contributed by atoms with Crippen LogP contribution in [0, 0.1) is 23.0 Å². The van der Waals surface area contributed by atoms with E-state index in [0.29, 0.717) is 16.9 Å². The lowest BCUT2D eigenvalue weighted by molar-refractivity contribution is 0.509. The summed E-state index contributed by atoms with van der Waals surface area (Å²) in [7, 11) is 0. The Morgan fingerprint density at radius 2 is 1.83 bits per heavy atom. The highest BCUT2D eigenvalue weighted by molar-refractivity contribution is 5.74. The fourth-order valence-electron chi connectivity index (χ4n) is 3.04. The fraction of sp³-hybridized carbons (Fsp3) is 0.389. The highest BCUT2D eigenvalue weighted by Gasteiger charge is 2.17. The number of halogens is 2. The van der Waals surface area contributed by atoms with E-state index in [1.807, 2.05) is 6.07 Å². The van der Waals surface area contributed by atoms with E-state index in [0.717, 1.165) is 37.8 Å². The van der Waals surface area contributed by atoms with Crippen molar-refractivity contribution in [2.45, 2.75) is 44.6 Å². The molecule has 1 N–H and O–H groups in total. The molecule has 1 aromatic carbocycles. The third-order valence-electron chi connectivity index (χ3n) is 4.32. The molecule has 1 aliphatic carbocycles. The lowest BCUT2D eigenvalue weighted by Gasteiger charge is -2.19. The Hall–Kier alpha value is -2.55. The first-order valence-corrected chi connectivity index (χ1v) is 8.16. The Morgan fingerprint density at radius 1 is 1.08 bits per heavy atom. The lowest BCUT2D eigenvalue weighted by atomic mass is 10.1. The average molecular weight is 328 g/mol. The first-order chi connectivity index (χ1) is 11.7. The first kappa shape index (κ1) is 16.3. The Labute approximate surface area is 139 Å². The predicted molar refractivity (Wildman–Crippen MR) is 87.2 cm³/mol. The second-order valence-corrected chi connectivity index (χ2v) is 6.03. The molecule has 0 aliphatic heterocycles. The van der Waals surface area contributed by atoms with Crippen LogP contribution in [0.4, 0.5) is 14.6 Å². The highest BCUT2D eigenvalue weighted by atomic mass is 19.2. The molecule has 0 bridgehead atoms. The van der Waals surface area contributed by atoms with Crippen LogP contribution in [0.1, 0.15) is 44.3 Å². The molecule has 1 aliphatic rings. The van der Waals surface area contributed by atoms with Gasteiger partial charge in [0.05, 0.1) is 0 Å². The number of rotatable bonds is 3. The van der Waals surface area contributed by atoms with Crippen LogP contribution in [0.2, 0.25) is 0 Å². The van der Waals surface area contributed by atoms with Gasteiger partial charge in [0.15, 0.2) is 11.6 Å². The number of benzene rings is 1. The minimum Gasteiger partial charge on any atom is -0.367 e. The van der Waals surface area contributed by atoms with Crippen molar-refractivity contribution in [1.82, 2.24) is 9.97 Å². The van der Waals surface area contributed by atoms with E-state index in [1.165, 1.54) is 25.1 Å². The van der Waals surface area contributed by atoms with Crippen LogP contribution in [0.25, 0.3) is 11.1 Å². The zero-order valence-electron chi connectivity index (χ0n) is 13.2. The lowest BCUT2D eigenvalue weighted by Crippen LogP contribution is -2.20. The molecule has 1 fully saturated rings. The number of nitrogens with zero attached hydrogens (tertiary/aromatic N) is 3. The van der Waals surface area contributed by atoms with Gasteiger partial charge in [0, 0.05) is 17.8 Å². The molecule has 0 atom stereocenters. The average Bonchev–Trinajstić information content (AvgIpc) is 2.86. The van der Waals surface area contributed by atoms with Crippen LogP contribution in [0.15, 0.2) is 24.4 Å². The van der Waals surface area contributed by atoms with Crippen molar-refractivity contribution in [3.8, 4) is 17.2 Å². The summed E-state index contributed by atoms with van der Waals surface area (Å²) >= 11 is 0. The summed E-state index contributed by atoms with van der Waals surface area (Å²) in [4.78, 5) is 8.21. The SMILES string of the molecule is N#Cc1ncc(-c2ccc(F)c(F)c2)c(NC2CCCCCC2)n1. The standard InChI is InChI=1S/C18H18F2N4/c19-15-8-7-12(9-16(15)20)14-11-22-17(10-21)24-18(14)23-13-5-3-1-2-4-6-13/h7-9,11,13H,1-6H2,(H,22,23,24). The summed E-state index contributed by atoms with van der Waals surface area (Å²) in [5, 5.41) is 12.4. The molecular weight excluding hydrogens is 310 g/mol. The summed E-state index contributed by atoms with van der Waals surface area (Å²) < 4.78 is 26.8. The van der Waals surface area contributed by atoms with Gasteiger partial charge in [0.25, 0.3) is 0 Å². The molecule has 1 saturated carbocycles. The van der Waals surface area contributed by atoms with Crippen molar-refractivity contribution in [1.29, 1.82) is 5.26 Å². The van der Waals surface area contributed by atoms with Crippen LogP contribution >= 0.6 is 0 Å². The van der Waals surface area contributed by atoms with E-state index < -0.39 is 11.6 Å². The Balaban J connectivity index is 1.96. The van der Waals surface area contributed by atoms with Gasteiger partial charge in [-0.25, -0.2) is 18.7 Å². The Morgan fingerprint density at radius 3 is 2.50 bits per heavy atom. The zero-order valence-corrected chi connectivity index (χ0v) is 13.2. The molecule has 4 nitrogen and oxygen atoms in total. The van der Waals surface area contributed by atoms with Gasteiger partial charge in [-0.05, 0) is 30.5 Å². The van der Waals surface area contributed by atoms with E-state index in [-0.39, 0.29) is 11.9 Å². The third-order valence-corrected chi connectivity index (χ3v) is 4.32. The fourth-order valence-corrected chi connectivity index (χ4v) is 3.04. The maximum absolute atomic E-state index is 13.6. The van der Waals surface area contributed by atoms with Crippen molar-refractivity contribution in [3.05, 3.63) is 41.9 Å². The summed E-state index contributed by atoms with van der Waals surface area (Å²) in [6, 6.07) is 5.87. The molecule has 0 radical (unpaired) electrons.